The Labute approximate surface area is 127 Å². The van der Waals surface area contributed by atoms with Crippen LogP contribution >= 0.6 is 0 Å². The maximum Gasteiger partial charge on any atom is 0.303 e. The van der Waals surface area contributed by atoms with Crippen molar-refractivity contribution < 1.29 is 14.6 Å². The molecule has 0 fully saturated rings. The number of ether oxygens (including phenoxy) is 1. The predicted octanol–water partition coefficient (Wildman–Crippen LogP) is 3.24. The molecule has 0 aliphatic heterocycles. The van der Waals surface area contributed by atoms with Crippen molar-refractivity contribution in [3.05, 3.63) is 29.8 Å². The van der Waals surface area contributed by atoms with E-state index < -0.39 is 5.97 Å². The Morgan fingerprint density at radius 3 is 2.62 bits per heavy atom. The van der Waals surface area contributed by atoms with Crippen LogP contribution in [0.2, 0.25) is 0 Å². The van der Waals surface area contributed by atoms with Crippen LogP contribution in [0, 0.1) is 12.3 Å². The van der Waals surface area contributed by atoms with E-state index in [2.05, 4.69) is 19.2 Å². The number of benzene rings is 1. The smallest absolute Gasteiger partial charge is 0.303 e. The Balaban J connectivity index is 2.12. The van der Waals surface area contributed by atoms with Gasteiger partial charge in [-0.3, -0.25) is 4.79 Å². The van der Waals surface area contributed by atoms with Crippen LogP contribution in [0.25, 0.3) is 0 Å². The highest BCUT2D eigenvalue weighted by Gasteiger charge is 2.18. The molecule has 118 valence electrons. The largest absolute Gasteiger partial charge is 0.492 e. The summed E-state index contributed by atoms with van der Waals surface area (Å²) in [6.45, 7) is 8.57. The van der Waals surface area contributed by atoms with Gasteiger partial charge in [-0.25, -0.2) is 0 Å². The lowest BCUT2D eigenvalue weighted by atomic mass is 9.84. The van der Waals surface area contributed by atoms with E-state index in [0.717, 1.165) is 30.8 Å². The minimum atomic E-state index is -0.720. The summed E-state index contributed by atoms with van der Waals surface area (Å²) in [7, 11) is 0. The minimum Gasteiger partial charge on any atom is -0.492 e. The van der Waals surface area contributed by atoms with Crippen molar-refractivity contribution in [2.75, 3.05) is 19.7 Å². The molecule has 0 aliphatic rings. The predicted molar refractivity (Wildman–Crippen MR) is 84.8 cm³/mol. The summed E-state index contributed by atoms with van der Waals surface area (Å²) in [5.74, 6) is 0.212. The molecular weight excluding hydrogens is 266 g/mol. The van der Waals surface area contributed by atoms with Crippen molar-refractivity contribution in [2.45, 2.75) is 40.0 Å². The van der Waals surface area contributed by atoms with Gasteiger partial charge in [0.05, 0.1) is 0 Å². The van der Waals surface area contributed by atoms with E-state index in [9.17, 15) is 4.79 Å². The molecule has 0 atom stereocenters. The van der Waals surface area contributed by atoms with Crippen LogP contribution in [0.4, 0.5) is 0 Å². The van der Waals surface area contributed by atoms with E-state index in [1.807, 2.05) is 31.2 Å². The Kier molecular flexibility index (Phi) is 7.23. The molecular formula is C17H27NO3. The molecule has 0 radical (unpaired) electrons. The van der Waals surface area contributed by atoms with E-state index in [0.29, 0.717) is 13.0 Å². The number of hydrogen-bond acceptors (Lipinski definition) is 3. The Morgan fingerprint density at radius 1 is 1.24 bits per heavy atom. The van der Waals surface area contributed by atoms with Gasteiger partial charge in [-0.2, -0.15) is 0 Å². The molecule has 0 unspecified atom stereocenters. The van der Waals surface area contributed by atoms with Crippen LogP contribution in [-0.2, 0) is 4.79 Å². The summed E-state index contributed by atoms with van der Waals surface area (Å²) in [6, 6.07) is 7.98. The van der Waals surface area contributed by atoms with Gasteiger partial charge in [0.15, 0.2) is 0 Å². The zero-order valence-corrected chi connectivity index (χ0v) is 13.3. The molecule has 0 saturated carbocycles. The summed E-state index contributed by atoms with van der Waals surface area (Å²) in [5.41, 5.74) is 1.20. The first kappa shape index (κ1) is 17.5. The van der Waals surface area contributed by atoms with E-state index in [1.165, 1.54) is 0 Å². The average molecular weight is 293 g/mol. The fraction of sp³-hybridized carbons (Fsp3) is 0.588. The molecule has 0 amide bonds. The van der Waals surface area contributed by atoms with Crippen molar-refractivity contribution in [1.29, 1.82) is 0 Å². The molecule has 21 heavy (non-hydrogen) atoms. The second-order valence-corrected chi connectivity index (χ2v) is 6.17. The summed E-state index contributed by atoms with van der Waals surface area (Å²) in [6.07, 6.45) is 1.91. The molecule has 0 spiro atoms. The first-order valence-electron chi connectivity index (χ1n) is 7.52. The first-order valence-corrected chi connectivity index (χ1v) is 7.52. The van der Waals surface area contributed by atoms with Gasteiger partial charge in [-0.05, 0) is 43.4 Å². The molecule has 1 aromatic rings. The van der Waals surface area contributed by atoms with E-state index in [-0.39, 0.29) is 11.8 Å². The lowest BCUT2D eigenvalue weighted by molar-refractivity contribution is -0.137. The third-order valence-corrected chi connectivity index (χ3v) is 3.62. The number of para-hydroxylation sites is 1. The second-order valence-electron chi connectivity index (χ2n) is 6.17. The maximum atomic E-state index is 10.6. The van der Waals surface area contributed by atoms with Gasteiger partial charge in [-0.15, -0.1) is 0 Å². The van der Waals surface area contributed by atoms with Gasteiger partial charge in [0.1, 0.15) is 12.4 Å². The molecule has 1 aromatic carbocycles. The quantitative estimate of drug-likeness (QED) is 0.650. The lowest BCUT2D eigenvalue weighted by Crippen LogP contribution is -2.26. The van der Waals surface area contributed by atoms with E-state index in [1.54, 1.807) is 0 Å². The van der Waals surface area contributed by atoms with Crippen molar-refractivity contribution in [2.24, 2.45) is 5.41 Å². The van der Waals surface area contributed by atoms with Crippen molar-refractivity contribution in [3.8, 4) is 5.75 Å². The summed E-state index contributed by atoms with van der Waals surface area (Å²) >= 11 is 0. The number of carboxylic acid groups (broad SMARTS) is 1. The summed E-state index contributed by atoms with van der Waals surface area (Å²) in [5, 5.41) is 12.1. The second kappa shape index (κ2) is 8.67. The summed E-state index contributed by atoms with van der Waals surface area (Å²) in [4.78, 5) is 10.6. The Morgan fingerprint density at radius 2 is 1.95 bits per heavy atom. The molecule has 0 saturated heterocycles. The fourth-order valence-electron chi connectivity index (χ4n) is 2.07. The number of carboxylic acids is 1. The Bertz CT molecular complexity index is 443. The molecule has 0 aliphatic carbocycles. The first-order chi connectivity index (χ1) is 9.91. The molecule has 0 aromatic heterocycles. The van der Waals surface area contributed by atoms with Crippen LogP contribution in [0.1, 0.15) is 38.7 Å². The van der Waals surface area contributed by atoms with Gasteiger partial charge in [0.25, 0.3) is 0 Å². The van der Waals surface area contributed by atoms with Crippen molar-refractivity contribution in [1.82, 2.24) is 5.32 Å². The third-order valence-electron chi connectivity index (χ3n) is 3.62. The molecule has 1 rings (SSSR count). The topological polar surface area (TPSA) is 58.6 Å². The van der Waals surface area contributed by atoms with Crippen LogP contribution in [0.3, 0.4) is 0 Å². The van der Waals surface area contributed by atoms with Crippen molar-refractivity contribution >= 4 is 5.97 Å². The summed E-state index contributed by atoms with van der Waals surface area (Å²) < 4.78 is 5.71. The number of rotatable bonds is 10. The highest BCUT2D eigenvalue weighted by atomic mass is 16.5. The number of carbonyl (C=O) groups is 1. The normalized spacial score (nSPS) is 11.4. The van der Waals surface area contributed by atoms with Gasteiger partial charge >= 0.3 is 5.97 Å². The number of aryl methyl sites for hydroxylation is 1. The monoisotopic (exact) mass is 293 g/mol. The molecule has 2 N–H and O–H groups in total. The van der Waals surface area contributed by atoms with Crippen LogP contribution in [0.5, 0.6) is 5.75 Å². The maximum absolute atomic E-state index is 10.6. The van der Waals surface area contributed by atoms with Gasteiger partial charge in [-0.1, -0.05) is 32.0 Å². The van der Waals surface area contributed by atoms with Gasteiger partial charge in [0, 0.05) is 13.0 Å². The molecule has 0 bridgehead atoms. The molecule has 4 heteroatoms. The molecule has 4 nitrogen and oxygen atoms in total. The fourth-order valence-corrected chi connectivity index (χ4v) is 2.07. The zero-order valence-electron chi connectivity index (χ0n) is 13.3. The third kappa shape index (κ3) is 7.71. The number of aliphatic carboxylic acids is 1. The lowest BCUT2D eigenvalue weighted by Gasteiger charge is -2.23. The van der Waals surface area contributed by atoms with E-state index >= 15 is 0 Å². The van der Waals surface area contributed by atoms with Gasteiger partial charge in [0.2, 0.25) is 0 Å². The molecule has 0 heterocycles. The average Bonchev–Trinajstić information content (AvgIpc) is 2.42. The SMILES string of the molecule is Cc1ccccc1OCCNCCC(C)(C)CCC(=O)O. The van der Waals surface area contributed by atoms with Crippen molar-refractivity contribution in [3.63, 3.8) is 0 Å². The number of hydrogen-bond donors (Lipinski definition) is 2. The Hall–Kier alpha value is -1.55. The van der Waals surface area contributed by atoms with Gasteiger partial charge < -0.3 is 15.2 Å². The zero-order chi connectivity index (χ0) is 15.7. The minimum absolute atomic E-state index is 0.0578. The number of nitrogens with one attached hydrogen (secondary N) is 1. The van der Waals surface area contributed by atoms with Crippen LogP contribution < -0.4 is 10.1 Å². The highest BCUT2D eigenvalue weighted by Crippen LogP contribution is 2.25. The van der Waals surface area contributed by atoms with Crippen LogP contribution in [0.15, 0.2) is 24.3 Å². The standard InChI is InChI=1S/C17H27NO3/c1-14-6-4-5-7-15(14)21-13-12-18-11-10-17(2,3)9-8-16(19)20/h4-7,18H,8-13H2,1-3H3,(H,19,20). The van der Waals surface area contributed by atoms with Crippen LogP contribution in [-0.4, -0.2) is 30.8 Å². The highest BCUT2D eigenvalue weighted by molar-refractivity contribution is 5.66. The van der Waals surface area contributed by atoms with E-state index in [4.69, 9.17) is 9.84 Å².